The van der Waals surface area contributed by atoms with Crippen molar-refractivity contribution in [1.29, 1.82) is 0 Å². The summed E-state index contributed by atoms with van der Waals surface area (Å²) in [6, 6.07) is 22.5. The molecule has 148 valence electrons. The van der Waals surface area contributed by atoms with Crippen LogP contribution in [0.3, 0.4) is 0 Å². The van der Waals surface area contributed by atoms with Crippen molar-refractivity contribution in [2.75, 3.05) is 7.11 Å². The fourth-order valence-electron chi connectivity index (χ4n) is 2.67. The van der Waals surface area contributed by atoms with Crippen LogP contribution in [0.2, 0.25) is 0 Å². The lowest BCUT2D eigenvalue weighted by Crippen LogP contribution is -2.23. The fourth-order valence-corrected chi connectivity index (χ4v) is 3.69. The van der Waals surface area contributed by atoms with Gasteiger partial charge in [0.1, 0.15) is 5.75 Å². The van der Waals surface area contributed by atoms with E-state index in [-0.39, 0.29) is 17.2 Å². The molecule has 0 unspecified atom stereocenters. The maximum atomic E-state index is 12.4. The zero-order chi connectivity index (χ0) is 20.7. The summed E-state index contributed by atoms with van der Waals surface area (Å²) >= 11 is 0. The van der Waals surface area contributed by atoms with E-state index in [1.807, 2.05) is 54.6 Å². The third kappa shape index (κ3) is 5.63. The third-order valence-electron chi connectivity index (χ3n) is 4.28. The summed E-state index contributed by atoms with van der Waals surface area (Å²) in [7, 11) is -2.08. The Morgan fingerprint density at radius 2 is 1.69 bits per heavy atom. The van der Waals surface area contributed by atoms with Gasteiger partial charge in [-0.2, -0.15) is 0 Å². The molecule has 0 bridgehead atoms. The molecule has 0 aliphatic heterocycles. The second-order valence-electron chi connectivity index (χ2n) is 6.31. The quantitative estimate of drug-likeness (QED) is 0.451. The van der Waals surface area contributed by atoms with Crippen molar-refractivity contribution in [2.45, 2.75) is 11.4 Å². The first kappa shape index (κ1) is 20.5. The van der Waals surface area contributed by atoms with Crippen LogP contribution in [0.5, 0.6) is 5.75 Å². The number of hydrogen-bond donors (Lipinski definition) is 1. The van der Waals surface area contributed by atoms with Crippen molar-refractivity contribution in [2.24, 2.45) is 0 Å². The van der Waals surface area contributed by atoms with E-state index in [0.29, 0.717) is 11.3 Å². The third-order valence-corrected chi connectivity index (χ3v) is 5.70. The highest BCUT2D eigenvalue weighted by Gasteiger charge is 2.14. The molecule has 0 heterocycles. The summed E-state index contributed by atoms with van der Waals surface area (Å²) in [6.45, 7) is 0.202. The Balaban J connectivity index is 1.67. The van der Waals surface area contributed by atoms with Crippen molar-refractivity contribution in [3.8, 4) is 5.75 Å². The van der Waals surface area contributed by atoms with E-state index in [1.165, 1.54) is 30.3 Å². The monoisotopic (exact) mass is 407 g/mol. The highest BCUT2D eigenvalue weighted by Crippen LogP contribution is 2.15. The van der Waals surface area contributed by atoms with Gasteiger partial charge in [-0.3, -0.25) is 4.79 Å². The fraction of sp³-hybridized carbons (Fsp3) is 0.0870. The highest BCUT2D eigenvalue weighted by molar-refractivity contribution is 7.89. The second kappa shape index (κ2) is 9.32. The number of ketones is 1. The average molecular weight is 407 g/mol. The Bertz CT molecular complexity index is 1110. The molecule has 0 amide bonds. The number of rotatable bonds is 8. The van der Waals surface area contributed by atoms with Crippen molar-refractivity contribution >= 4 is 21.9 Å². The van der Waals surface area contributed by atoms with Gasteiger partial charge in [-0.15, -0.1) is 0 Å². The Morgan fingerprint density at radius 3 is 2.38 bits per heavy atom. The molecule has 0 saturated carbocycles. The van der Waals surface area contributed by atoms with Gasteiger partial charge in [0.2, 0.25) is 10.0 Å². The Labute approximate surface area is 170 Å². The van der Waals surface area contributed by atoms with Gasteiger partial charge >= 0.3 is 0 Å². The molecule has 3 aromatic rings. The average Bonchev–Trinajstić information content (AvgIpc) is 2.77. The van der Waals surface area contributed by atoms with Crippen LogP contribution in [-0.2, 0) is 16.6 Å². The van der Waals surface area contributed by atoms with Crippen LogP contribution in [0, 0.1) is 0 Å². The number of benzene rings is 3. The minimum atomic E-state index is -3.66. The first-order chi connectivity index (χ1) is 14.0. The van der Waals surface area contributed by atoms with E-state index in [1.54, 1.807) is 13.2 Å². The summed E-state index contributed by atoms with van der Waals surface area (Å²) < 4.78 is 32.6. The summed E-state index contributed by atoms with van der Waals surface area (Å²) in [5.41, 5.74) is 2.11. The molecule has 6 heteroatoms. The predicted octanol–water partition coefficient (Wildman–Crippen LogP) is 4.07. The molecule has 0 aliphatic carbocycles. The number of ether oxygens (including phenoxy) is 1. The largest absolute Gasteiger partial charge is 0.497 e. The van der Waals surface area contributed by atoms with Crippen LogP contribution < -0.4 is 9.46 Å². The van der Waals surface area contributed by atoms with Gasteiger partial charge in [0.15, 0.2) is 5.78 Å². The summed E-state index contributed by atoms with van der Waals surface area (Å²) in [5.74, 6) is 0.492. The van der Waals surface area contributed by atoms with E-state index in [9.17, 15) is 13.2 Å². The van der Waals surface area contributed by atoms with Gasteiger partial charge < -0.3 is 4.74 Å². The van der Waals surface area contributed by atoms with Gasteiger partial charge in [-0.1, -0.05) is 48.5 Å². The molecule has 0 spiro atoms. The van der Waals surface area contributed by atoms with Crippen LogP contribution >= 0.6 is 0 Å². The van der Waals surface area contributed by atoms with Crippen molar-refractivity contribution in [3.05, 3.63) is 102 Å². The van der Waals surface area contributed by atoms with Gasteiger partial charge in [-0.25, -0.2) is 13.1 Å². The molecule has 29 heavy (non-hydrogen) atoms. The first-order valence-electron chi connectivity index (χ1n) is 8.98. The van der Waals surface area contributed by atoms with Crippen molar-refractivity contribution < 1.29 is 17.9 Å². The van der Waals surface area contributed by atoms with E-state index in [2.05, 4.69) is 4.72 Å². The Morgan fingerprint density at radius 1 is 0.966 bits per heavy atom. The summed E-state index contributed by atoms with van der Waals surface area (Å²) in [6.07, 6.45) is 3.14. The topological polar surface area (TPSA) is 72.5 Å². The van der Waals surface area contributed by atoms with Gasteiger partial charge in [0.05, 0.1) is 12.0 Å². The maximum absolute atomic E-state index is 12.4. The van der Waals surface area contributed by atoms with E-state index >= 15 is 0 Å². The highest BCUT2D eigenvalue weighted by atomic mass is 32.2. The van der Waals surface area contributed by atoms with E-state index in [0.717, 1.165) is 11.1 Å². The number of carbonyl (C=O) groups excluding carboxylic acids is 1. The number of methoxy groups -OCH3 is 1. The second-order valence-corrected chi connectivity index (χ2v) is 8.08. The lowest BCUT2D eigenvalue weighted by Gasteiger charge is -2.07. The van der Waals surface area contributed by atoms with E-state index in [4.69, 9.17) is 4.74 Å². The van der Waals surface area contributed by atoms with Crippen LogP contribution in [0.15, 0.2) is 89.8 Å². The molecular formula is C23H21NO4S. The molecule has 0 aromatic heterocycles. The van der Waals surface area contributed by atoms with Crippen LogP contribution in [0.25, 0.3) is 6.08 Å². The number of allylic oxidation sites excluding steroid dienone is 1. The standard InChI is InChI=1S/C23H21NO4S/c1-28-21-9-5-8-18(16-21)10-15-23(25)20-11-13-22(14-12-20)29(26,27)24-17-19-6-3-2-4-7-19/h2-16,24H,17H2,1H3. The number of hydrogen-bond acceptors (Lipinski definition) is 4. The molecule has 5 nitrogen and oxygen atoms in total. The SMILES string of the molecule is COc1cccc(C=CC(=O)c2ccc(S(=O)(=O)NCc3ccccc3)cc2)c1. The lowest BCUT2D eigenvalue weighted by molar-refractivity contribution is 0.104. The molecule has 0 saturated heterocycles. The molecule has 0 fully saturated rings. The minimum Gasteiger partial charge on any atom is -0.497 e. The Kier molecular flexibility index (Phi) is 6.59. The predicted molar refractivity (Wildman–Crippen MR) is 113 cm³/mol. The maximum Gasteiger partial charge on any atom is 0.240 e. The molecule has 3 aromatic carbocycles. The number of carbonyl (C=O) groups is 1. The number of sulfonamides is 1. The van der Waals surface area contributed by atoms with Gasteiger partial charge in [0.25, 0.3) is 0 Å². The van der Waals surface area contributed by atoms with Crippen LogP contribution in [0.1, 0.15) is 21.5 Å². The van der Waals surface area contributed by atoms with Crippen LogP contribution in [-0.4, -0.2) is 21.3 Å². The zero-order valence-corrected chi connectivity index (χ0v) is 16.7. The normalized spacial score (nSPS) is 11.5. The first-order valence-corrected chi connectivity index (χ1v) is 10.5. The molecule has 0 aliphatic rings. The van der Waals surface area contributed by atoms with Gasteiger partial charge in [-0.05, 0) is 53.6 Å². The molecular weight excluding hydrogens is 386 g/mol. The lowest BCUT2D eigenvalue weighted by atomic mass is 10.1. The smallest absolute Gasteiger partial charge is 0.240 e. The number of nitrogens with one attached hydrogen (secondary N) is 1. The zero-order valence-electron chi connectivity index (χ0n) is 15.9. The minimum absolute atomic E-state index is 0.113. The van der Waals surface area contributed by atoms with E-state index < -0.39 is 10.0 Å². The molecule has 0 radical (unpaired) electrons. The molecule has 0 atom stereocenters. The Hall–Kier alpha value is -3.22. The summed E-state index contributed by atoms with van der Waals surface area (Å²) in [4.78, 5) is 12.5. The summed E-state index contributed by atoms with van der Waals surface area (Å²) in [5, 5.41) is 0. The molecule has 3 rings (SSSR count). The van der Waals surface area contributed by atoms with Crippen molar-refractivity contribution in [1.82, 2.24) is 4.72 Å². The van der Waals surface area contributed by atoms with Crippen molar-refractivity contribution in [3.63, 3.8) is 0 Å². The van der Waals surface area contributed by atoms with Crippen LogP contribution in [0.4, 0.5) is 0 Å². The molecule has 1 N–H and O–H groups in total. The van der Waals surface area contributed by atoms with Gasteiger partial charge in [0, 0.05) is 12.1 Å².